The molecule has 1 aromatic heterocycles. The molecule has 1 heterocycles. The maximum atomic E-state index is 13.1. The molecule has 31 heavy (non-hydrogen) atoms. The molecule has 0 amide bonds. The zero-order valence-electron chi connectivity index (χ0n) is 16.4. The number of hydrogen-bond acceptors (Lipinski definition) is 4. The Morgan fingerprint density at radius 1 is 0.742 bits per heavy atom. The number of hydrogen-bond donors (Lipinski definition) is 1. The first-order valence-electron chi connectivity index (χ1n) is 9.72. The van der Waals surface area contributed by atoms with E-state index in [4.69, 9.17) is 4.98 Å². The first-order chi connectivity index (χ1) is 15.1. The minimum absolute atomic E-state index is 0.260. The van der Waals surface area contributed by atoms with Gasteiger partial charge in [0.1, 0.15) is 5.01 Å². The molecule has 0 saturated heterocycles. The Bertz CT molecular complexity index is 1470. The van der Waals surface area contributed by atoms with Gasteiger partial charge in [-0.15, -0.1) is 11.3 Å². The van der Waals surface area contributed by atoms with Crippen LogP contribution in [0.4, 0.5) is 5.69 Å². The van der Waals surface area contributed by atoms with E-state index in [0.717, 1.165) is 27.2 Å². The summed E-state index contributed by atoms with van der Waals surface area (Å²) in [5.74, 6) is 0. The minimum atomic E-state index is -3.74. The summed E-state index contributed by atoms with van der Waals surface area (Å²) < 4.78 is 29.0. The summed E-state index contributed by atoms with van der Waals surface area (Å²) >= 11 is 1.56. The highest BCUT2D eigenvalue weighted by atomic mass is 32.2. The largest absolute Gasteiger partial charge is 0.280 e. The number of benzene rings is 4. The van der Waals surface area contributed by atoms with Crippen molar-refractivity contribution in [2.45, 2.75) is 4.90 Å². The summed E-state index contributed by atoms with van der Waals surface area (Å²) in [7, 11) is -3.74. The second-order valence-corrected chi connectivity index (χ2v) is 9.58. The van der Waals surface area contributed by atoms with Gasteiger partial charge in [0.05, 0.1) is 10.6 Å². The molecule has 4 nitrogen and oxygen atoms in total. The quantitative estimate of drug-likeness (QED) is 0.341. The number of nitrogens with zero attached hydrogens (tertiary/aromatic N) is 1. The fourth-order valence-corrected chi connectivity index (χ4v) is 5.62. The number of rotatable bonds is 5. The second kappa shape index (κ2) is 7.98. The smallest absolute Gasteiger partial charge is 0.262 e. The predicted octanol–water partition coefficient (Wildman–Crippen LogP) is 6.43. The Labute approximate surface area is 184 Å². The Balaban J connectivity index is 1.46. The van der Waals surface area contributed by atoms with Crippen molar-refractivity contribution in [1.29, 1.82) is 0 Å². The first-order valence-corrected chi connectivity index (χ1v) is 12.1. The van der Waals surface area contributed by atoms with Gasteiger partial charge in [-0.3, -0.25) is 4.72 Å². The van der Waals surface area contributed by atoms with Crippen molar-refractivity contribution in [3.63, 3.8) is 0 Å². The summed E-state index contributed by atoms with van der Waals surface area (Å²) in [6.07, 6.45) is 0. The SMILES string of the molecule is O=S(=O)(Nc1cccc(-c2csc(-c3ccccc3)n2)c1)c1cccc2ccccc12. The number of sulfonamides is 1. The number of aromatic nitrogens is 1. The molecule has 152 valence electrons. The Morgan fingerprint density at radius 3 is 2.32 bits per heavy atom. The second-order valence-electron chi connectivity index (χ2n) is 7.07. The van der Waals surface area contributed by atoms with Crippen LogP contribution in [0.1, 0.15) is 0 Å². The van der Waals surface area contributed by atoms with Gasteiger partial charge in [0.2, 0.25) is 0 Å². The molecule has 5 aromatic rings. The lowest BCUT2D eigenvalue weighted by molar-refractivity contribution is 0.602. The van der Waals surface area contributed by atoms with Crippen molar-refractivity contribution >= 4 is 37.8 Å². The average Bonchev–Trinajstić information content (AvgIpc) is 3.30. The molecule has 0 bridgehead atoms. The van der Waals surface area contributed by atoms with Crippen molar-refractivity contribution in [3.05, 3.63) is 102 Å². The van der Waals surface area contributed by atoms with Gasteiger partial charge < -0.3 is 0 Å². The van der Waals surface area contributed by atoms with E-state index in [1.165, 1.54) is 0 Å². The van der Waals surface area contributed by atoms with Crippen molar-refractivity contribution in [2.24, 2.45) is 0 Å². The van der Waals surface area contributed by atoms with Crippen molar-refractivity contribution < 1.29 is 8.42 Å². The fourth-order valence-electron chi connectivity index (χ4n) is 3.50. The molecule has 0 aliphatic carbocycles. The van der Waals surface area contributed by atoms with Crippen molar-refractivity contribution in [3.8, 4) is 21.8 Å². The molecule has 0 saturated carbocycles. The van der Waals surface area contributed by atoms with Gasteiger partial charge in [-0.2, -0.15) is 0 Å². The van der Waals surface area contributed by atoms with E-state index in [0.29, 0.717) is 11.1 Å². The molecule has 4 aromatic carbocycles. The summed E-state index contributed by atoms with van der Waals surface area (Å²) in [6.45, 7) is 0. The zero-order chi connectivity index (χ0) is 21.3. The van der Waals surface area contributed by atoms with Crippen LogP contribution >= 0.6 is 11.3 Å². The van der Waals surface area contributed by atoms with E-state index in [2.05, 4.69) is 4.72 Å². The molecule has 6 heteroatoms. The van der Waals surface area contributed by atoms with Gasteiger partial charge in [-0.1, -0.05) is 78.9 Å². The Morgan fingerprint density at radius 2 is 1.45 bits per heavy atom. The van der Waals surface area contributed by atoms with Gasteiger partial charge >= 0.3 is 0 Å². The summed E-state index contributed by atoms with van der Waals surface area (Å²) in [5, 5.41) is 4.49. The third kappa shape index (κ3) is 3.95. The molecule has 0 unspecified atom stereocenters. The number of nitrogens with one attached hydrogen (secondary N) is 1. The highest BCUT2D eigenvalue weighted by molar-refractivity contribution is 7.93. The minimum Gasteiger partial charge on any atom is -0.280 e. The number of anilines is 1. The van der Waals surface area contributed by atoms with E-state index in [1.54, 1.807) is 29.5 Å². The lowest BCUT2D eigenvalue weighted by Crippen LogP contribution is -2.13. The lowest BCUT2D eigenvalue weighted by Gasteiger charge is -2.11. The lowest BCUT2D eigenvalue weighted by atomic mass is 10.1. The van der Waals surface area contributed by atoms with Gasteiger partial charge in [0, 0.05) is 27.6 Å². The maximum absolute atomic E-state index is 13.1. The van der Waals surface area contributed by atoms with Crippen LogP contribution in [-0.2, 0) is 10.0 Å². The third-order valence-electron chi connectivity index (χ3n) is 4.97. The molecule has 0 radical (unpaired) electrons. The molecule has 0 fully saturated rings. The van der Waals surface area contributed by atoms with Crippen LogP contribution < -0.4 is 4.72 Å². The summed E-state index contributed by atoms with van der Waals surface area (Å²) in [6, 6.07) is 30.1. The van der Waals surface area contributed by atoms with E-state index in [-0.39, 0.29) is 4.90 Å². The molecule has 0 spiro atoms. The maximum Gasteiger partial charge on any atom is 0.262 e. The van der Waals surface area contributed by atoms with Crippen molar-refractivity contribution in [1.82, 2.24) is 4.98 Å². The van der Waals surface area contributed by atoms with Gasteiger partial charge in [-0.05, 0) is 23.6 Å². The predicted molar refractivity (Wildman–Crippen MR) is 128 cm³/mol. The highest BCUT2D eigenvalue weighted by Crippen LogP contribution is 2.31. The highest BCUT2D eigenvalue weighted by Gasteiger charge is 2.17. The number of fused-ring (bicyclic) bond motifs is 1. The monoisotopic (exact) mass is 442 g/mol. The molecule has 0 atom stereocenters. The van der Waals surface area contributed by atoms with Crippen LogP contribution in [-0.4, -0.2) is 13.4 Å². The number of thiazole rings is 1. The molecule has 5 rings (SSSR count). The van der Waals surface area contributed by atoms with E-state index < -0.39 is 10.0 Å². The molecular formula is C25H18N2O2S2. The Kier molecular flexibility index (Phi) is 5.02. The topological polar surface area (TPSA) is 59.1 Å². The van der Waals surface area contributed by atoms with Gasteiger partial charge in [0.25, 0.3) is 10.0 Å². The normalized spacial score (nSPS) is 11.5. The summed E-state index contributed by atoms with van der Waals surface area (Å²) in [5.41, 5.74) is 3.23. The van der Waals surface area contributed by atoms with E-state index in [9.17, 15) is 8.42 Å². The van der Waals surface area contributed by atoms with Crippen LogP contribution in [0.2, 0.25) is 0 Å². The summed E-state index contributed by atoms with van der Waals surface area (Å²) in [4.78, 5) is 4.99. The first kappa shape index (κ1) is 19.5. The third-order valence-corrected chi connectivity index (χ3v) is 7.31. The van der Waals surface area contributed by atoms with E-state index in [1.807, 2.05) is 84.2 Å². The van der Waals surface area contributed by atoms with Crippen molar-refractivity contribution in [2.75, 3.05) is 4.72 Å². The van der Waals surface area contributed by atoms with Crippen LogP contribution in [0.5, 0.6) is 0 Å². The van der Waals surface area contributed by atoms with Crippen LogP contribution in [0, 0.1) is 0 Å². The Hall–Kier alpha value is -3.48. The molecule has 1 N–H and O–H groups in total. The van der Waals surface area contributed by atoms with Crippen LogP contribution in [0.3, 0.4) is 0 Å². The molecule has 0 aliphatic heterocycles. The zero-order valence-corrected chi connectivity index (χ0v) is 18.0. The van der Waals surface area contributed by atoms with Gasteiger partial charge in [0.15, 0.2) is 0 Å². The van der Waals surface area contributed by atoms with Crippen LogP contribution in [0.25, 0.3) is 32.6 Å². The average molecular weight is 443 g/mol. The standard InChI is InChI=1S/C25H18N2O2S2/c28-31(29,24-15-7-11-18-8-4-5-14-22(18)24)27-21-13-6-12-20(16-21)23-17-30-25(26-23)19-9-2-1-3-10-19/h1-17,27H. The van der Waals surface area contributed by atoms with Crippen LogP contribution in [0.15, 0.2) is 107 Å². The van der Waals surface area contributed by atoms with Gasteiger partial charge in [-0.25, -0.2) is 13.4 Å². The van der Waals surface area contributed by atoms with E-state index >= 15 is 0 Å². The fraction of sp³-hybridized carbons (Fsp3) is 0. The molecule has 0 aliphatic rings. The molecular weight excluding hydrogens is 424 g/mol.